The van der Waals surface area contributed by atoms with Crippen molar-refractivity contribution in [2.24, 2.45) is 5.16 Å². The minimum absolute atomic E-state index is 0.819. The molecular weight excluding hydrogens is 198 g/mol. The Labute approximate surface area is 95.2 Å². The predicted octanol–water partition coefficient (Wildman–Crippen LogP) is 2.89. The van der Waals surface area contributed by atoms with Crippen molar-refractivity contribution in [3.8, 4) is 0 Å². The fourth-order valence-corrected chi connectivity index (χ4v) is 1.50. The Balaban J connectivity index is 2.44. The van der Waals surface area contributed by atoms with E-state index < -0.39 is 0 Å². The molecule has 16 heavy (non-hydrogen) atoms. The van der Waals surface area contributed by atoms with Crippen LogP contribution in [-0.2, 0) is 4.84 Å². The third-order valence-corrected chi connectivity index (χ3v) is 2.21. The van der Waals surface area contributed by atoms with E-state index in [0.717, 1.165) is 16.8 Å². The van der Waals surface area contributed by atoms with Crippen molar-refractivity contribution < 1.29 is 4.84 Å². The first-order chi connectivity index (χ1) is 7.92. The van der Waals surface area contributed by atoms with Gasteiger partial charge in [0, 0.05) is 11.1 Å². The number of hydrogen-bond donors (Lipinski definition) is 0. The molecule has 0 N–H and O–H groups in total. The van der Waals surface area contributed by atoms with Gasteiger partial charge in [-0.15, -0.1) is 0 Å². The summed E-state index contributed by atoms with van der Waals surface area (Å²) in [4.78, 5) is 4.89. The van der Waals surface area contributed by atoms with Gasteiger partial charge in [0.2, 0.25) is 0 Å². The summed E-state index contributed by atoms with van der Waals surface area (Å²) in [5.41, 5.74) is 2.85. The highest BCUT2D eigenvalue weighted by molar-refractivity contribution is 6.12. The standard InChI is InChI=1S/C14H12NO/c1-16-15-14(12-8-4-2-5-9-12)13-10-6-3-7-11-13/h2-6,8-11H,1H3. The van der Waals surface area contributed by atoms with E-state index in [0.29, 0.717) is 0 Å². The number of hydrogen-bond acceptors (Lipinski definition) is 2. The van der Waals surface area contributed by atoms with Gasteiger partial charge in [0.15, 0.2) is 0 Å². The first-order valence-electron chi connectivity index (χ1n) is 5.05. The summed E-state index contributed by atoms with van der Waals surface area (Å²) in [7, 11) is 1.55. The summed E-state index contributed by atoms with van der Waals surface area (Å²) >= 11 is 0. The monoisotopic (exact) mass is 210 g/mol. The van der Waals surface area contributed by atoms with Crippen molar-refractivity contribution in [2.75, 3.05) is 7.11 Å². The predicted molar refractivity (Wildman–Crippen MR) is 64.4 cm³/mol. The highest BCUT2D eigenvalue weighted by Crippen LogP contribution is 2.10. The molecule has 0 saturated carbocycles. The molecule has 0 bridgehead atoms. The third kappa shape index (κ3) is 2.28. The summed E-state index contributed by atoms with van der Waals surface area (Å²) in [6.07, 6.45) is 0. The van der Waals surface area contributed by atoms with E-state index in [1.54, 1.807) is 7.11 Å². The van der Waals surface area contributed by atoms with Gasteiger partial charge in [-0.1, -0.05) is 53.7 Å². The first kappa shape index (κ1) is 10.4. The molecule has 0 saturated heterocycles. The summed E-state index contributed by atoms with van der Waals surface area (Å²) < 4.78 is 0. The van der Waals surface area contributed by atoms with Crippen molar-refractivity contribution in [3.63, 3.8) is 0 Å². The summed E-state index contributed by atoms with van der Waals surface area (Å²) in [5.74, 6) is 0. The van der Waals surface area contributed by atoms with Crippen molar-refractivity contribution >= 4 is 5.71 Å². The van der Waals surface area contributed by atoms with E-state index in [9.17, 15) is 0 Å². The van der Waals surface area contributed by atoms with Crippen LogP contribution in [-0.4, -0.2) is 12.8 Å². The van der Waals surface area contributed by atoms with Gasteiger partial charge in [-0.2, -0.15) is 0 Å². The van der Waals surface area contributed by atoms with Crippen LogP contribution in [0.25, 0.3) is 0 Å². The van der Waals surface area contributed by atoms with E-state index in [1.165, 1.54) is 0 Å². The maximum atomic E-state index is 4.89. The van der Waals surface area contributed by atoms with Gasteiger partial charge in [0.25, 0.3) is 0 Å². The second kappa shape index (κ2) is 5.12. The highest BCUT2D eigenvalue weighted by atomic mass is 16.6. The average Bonchev–Trinajstić information content (AvgIpc) is 2.38. The Morgan fingerprint density at radius 1 is 1.06 bits per heavy atom. The Morgan fingerprint density at radius 2 is 1.81 bits per heavy atom. The summed E-state index contributed by atoms with van der Waals surface area (Å²) in [6.45, 7) is 0. The van der Waals surface area contributed by atoms with E-state index >= 15 is 0 Å². The van der Waals surface area contributed by atoms with Crippen molar-refractivity contribution in [1.82, 2.24) is 0 Å². The molecule has 0 amide bonds. The molecule has 0 aromatic heterocycles. The van der Waals surface area contributed by atoms with Crippen LogP contribution in [0.15, 0.2) is 59.8 Å². The maximum absolute atomic E-state index is 4.89. The molecule has 0 aliphatic carbocycles. The summed E-state index contributed by atoms with van der Waals surface area (Å²) in [6, 6.07) is 20.7. The minimum atomic E-state index is 0.819. The normalized spacial score (nSPS) is 11.2. The van der Waals surface area contributed by atoms with E-state index in [-0.39, 0.29) is 0 Å². The topological polar surface area (TPSA) is 21.6 Å². The van der Waals surface area contributed by atoms with Crippen LogP contribution >= 0.6 is 0 Å². The average molecular weight is 210 g/mol. The minimum Gasteiger partial charge on any atom is -0.399 e. The molecule has 1 radical (unpaired) electrons. The van der Waals surface area contributed by atoms with Crippen LogP contribution < -0.4 is 0 Å². The molecule has 0 unspecified atom stereocenters. The van der Waals surface area contributed by atoms with Gasteiger partial charge in [0.05, 0.1) is 0 Å². The van der Waals surface area contributed by atoms with Gasteiger partial charge in [-0.3, -0.25) is 0 Å². The van der Waals surface area contributed by atoms with Gasteiger partial charge in [-0.05, 0) is 12.1 Å². The fourth-order valence-electron chi connectivity index (χ4n) is 1.50. The van der Waals surface area contributed by atoms with E-state index in [1.807, 2.05) is 54.6 Å². The van der Waals surface area contributed by atoms with Crippen LogP contribution in [0.3, 0.4) is 0 Å². The molecular formula is C14H12NO. The van der Waals surface area contributed by atoms with Crippen molar-refractivity contribution in [3.05, 3.63) is 71.8 Å². The van der Waals surface area contributed by atoms with Crippen LogP contribution in [0.5, 0.6) is 0 Å². The quantitative estimate of drug-likeness (QED) is 0.564. The van der Waals surface area contributed by atoms with Gasteiger partial charge < -0.3 is 4.84 Å². The number of oxime groups is 1. The summed E-state index contributed by atoms with van der Waals surface area (Å²) in [5, 5.41) is 4.06. The fraction of sp³-hybridized carbons (Fsp3) is 0.0714. The van der Waals surface area contributed by atoms with Gasteiger partial charge in [-0.25, -0.2) is 0 Å². The number of nitrogens with zero attached hydrogens (tertiary/aromatic N) is 1. The largest absolute Gasteiger partial charge is 0.399 e. The van der Waals surface area contributed by atoms with E-state index in [2.05, 4.69) is 11.2 Å². The molecule has 2 heteroatoms. The zero-order valence-electron chi connectivity index (χ0n) is 9.05. The molecule has 0 aliphatic rings. The molecule has 79 valence electrons. The second-order valence-corrected chi connectivity index (χ2v) is 3.28. The third-order valence-electron chi connectivity index (χ3n) is 2.21. The molecule has 2 nitrogen and oxygen atoms in total. The lowest BCUT2D eigenvalue weighted by molar-refractivity contribution is 0.214. The van der Waals surface area contributed by atoms with Crippen LogP contribution in [0.4, 0.5) is 0 Å². The lowest BCUT2D eigenvalue weighted by atomic mass is 10.0. The Kier molecular flexibility index (Phi) is 3.34. The zero-order chi connectivity index (χ0) is 11.2. The van der Waals surface area contributed by atoms with Gasteiger partial charge in [0.1, 0.15) is 12.8 Å². The Bertz CT molecular complexity index is 421. The molecule has 0 heterocycles. The Hall–Kier alpha value is -2.09. The lowest BCUT2D eigenvalue weighted by Crippen LogP contribution is -2.03. The maximum Gasteiger partial charge on any atom is 0.117 e. The molecule has 0 aliphatic heterocycles. The van der Waals surface area contributed by atoms with Crippen LogP contribution in [0.2, 0.25) is 0 Å². The molecule has 2 rings (SSSR count). The smallest absolute Gasteiger partial charge is 0.117 e. The number of rotatable bonds is 3. The van der Waals surface area contributed by atoms with Crippen LogP contribution in [0, 0.1) is 6.07 Å². The molecule has 0 fully saturated rings. The molecule has 2 aromatic rings. The molecule has 0 spiro atoms. The van der Waals surface area contributed by atoms with Crippen molar-refractivity contribution in [1.29, 1.82) is 0 Å². The second-order valence-electron chi connectivity index (χ2n) is 3.28. The highest BCUT2D eigenvalue weighted by Gasteiger charge is 2.06. The SMILES string of the molecule is CON=C(c1c[c]ccc1)c1ccccc1. The number of benzene rings is 2. The van der Waals surface area contributed by atoms with E-state index in [4.69, 9.17) is 4.84 Å². The lowest BCUT2D eigenvalue weighted by Gasteiger charge is -2.05. The Morgan fingerprint density at radius 3 is 2.44 bits per heavy atom. The van der Waals surface area contributed by atoms with Crippen molar-refractivity contribution in [2.45, 2.75) is 0 Å². The van der Waals surface area contributed by atoms with Gasteiger partial charge >= 0.3 is 0 Å². The first-order valence-corrected chi connectivity index (χ1v) is 5.05. The zero-order valence-corrected chi connectivity index (χ0v) is 9.05. The molecule has 0 atom stereocenters. The van der Waals surface area contributed by atoms with Crippen LogP contribution in [0.1, 0.15) is 11.1 Å². The molecule has 2 aromatic carbocycles.